The summed E-state index contributed by atoms with van der Waals surface area (Å²) in [6.07, 6.45) is 5.89. The van der Waals surface area contributed by atoms with Gasteiger partial charge in [0.2, 0.25) is 5.91 Å². The van der Waals surface area contributed by atoms with Crippen LogP contribution in [-0.4, -0.2) is 44.3 Å². The van der Waals surface area contributed by atoms with Crippen molar-refractivity contribution >= 4 is 5.91 Å². The highest BCUT2D eigenvalue weighted by Gasteiger charge is 2.32. The fraction of sp³-hybridized carbons (Fsp3) is 0.632. The summed E-state index contributed by atoms with van der Waals surface area (Å²) >= 11 is 0. The lowest BCUT2D eigenvalue weighted by atomic mass is 10.0. The quantitative estimate of drug-likeness (QED) is 0.801. The fourth-order valence-electron chi connectivity index (χ4n) is 3.78. The summed E-state index contributed by atoms with van der Waals surface area (Å²) in [5.41, 5.74) is 1.07. The Labute approximate surface area is 143 Å². The van der Waals surface area contributed by atoms with E-state index in [1.807, 2.05) is 23.1 Å². The molecule has 1 aromatic rings. The Kier molecular flexibility index (Phi) is 5.61. The first kappa shape index (κ1) is 17.1. The number of hydrogen-bond acceptors (Lipinski definition) is 4. The van der Waals surface area contributed by atoms with Gasteiger partial charge in [-0.2, -0.15) is 0 Å². The zero-order valence-electron chi connectivity index (χ0n) is 14.6. The van der Waals surface area contributed by atoms with Crippen LogP contribution in [0.5, 0.6) is 11.5 Å². The SMILES string of the molecule is COc1ccc([C@H]2CCCN2C(=O)CC[C@H]2CCCO2)c(OC)c1. The number of methoxy groups -OCH3 is 2. The maximum atomic E-state index is 12.7. The number of likely N-dealkylation sites (tertiary alicyclic amines) is 1. The van der Waals surface area contributed by atoms with Crippen molar-refractivity contribution in [2.24, 2.45) is 0 Å². The second-order valence-electron chi connectivity index (χ2n) is 6.53. The number of nitrogens with zero attached hydrogens (tertiary/aromatic N) is 1. The molecule has 5 heteroatoms. The highest BCUT2D eigenvalue weighted by Crippen LogP contribution is 2.39. The first-order valence-corrected chi connectivity index (χ1v) is 8.86. The molecule has 2 fully saturated rings. The molecule has 132 valence electrons. The molecule has 0 unspecified atom stereocenters. The van der Waals surface area contributed by atoms with Crippen LogP contribution in [0.25, 0.3) is 0 Å². The molecule has 0 radical (unpaired) electrons. The summed E-state index contributed by atoms with van der Waals surface area (Å²) < 4.78 is 16.4. The Morgan fingerprint density at radius 3 is 2.83 bits per heavy atom. The molecule has 0 N–H and O–H groups in total. The lowest BCUT2D eigenvalue weighted by Gasteiger charge is -2.27. The predicted octanol–water partition coefficient (Wildman–Crippen LogP) is 3.33. The Hall–Kier alpha value is -1.75. The number of ether oxygens (including phenoxy) is 3. The van der Waals surface area contributed by atoms with E-state index in [0.717, 1.165) is 62.3 Å². The number of carbonyl (C=O) groups excluding carboxylic acids is 1. The summed E-state index contributed by atoms with van der Waals surface area (Å²) in [5.74, 6) is 1.79. The molecular formula is C19H27NO4. The van der Waals surface area contributed by atoms with Crippen LogP contribution in [0.2, 0.25) is 0 Å². The van der Waals surface area contributed by atoms with Crippen LogP contribution in [0.4, 0.5) is 0 Å². The predicted molar refractivity (Wildman–Crippen MR) is 91.4 cm³/mol. The van der Waals surface area contributed by atoms with E-state index in [0.29, 0.717) is 6.42 Å². The summed E-state index contributed by atoms with van der Waals surface area (Å²) in [4.78, 5) is 14.7. The topological polar surface area (TPSA) is 48.0 Å². The van der Waals surface area contributed by atoms with Crippen LogP contribution in [0.3, 0.4) is 0 Å². The van der Waals surface area contributed by atoms with E-state index in [1.54, 1.807) is 14.2 Å². The molecule has 0 aliphatic carbocycles. The second-order valence-corrected chi connectivity index (χ2v) is 6.53. The minimum Gasteiger partial charge on any atom is -0.497 e. The van der Waals surface area contributed by atoms with Crippen LogP contribution in [0.15, 0.2) is 18.2 Å². The largest absolute Gasteiger partial charge is 0.497 e. The number of amides is 1. The molecule has 1 aromatic carbocycles. The molecule has 0 saturated carbocycles. The van der Waals surface area contributed by atoms with E-state index in [4.69, 9.17) is 14.2 Å². The van der Waals surface area contributed by atoms with Gasteiger partial charge in [0.1, 0.15) is 11.5 Å². The van der Waals surface area contributed by atoms with Crippen LogP contribution >= 0.6 is 0 Å². The number of benzene rings is 1. The summed E-state index contributed by atoms with van der Waals surface area (Å²) in [7, 11) is 3.31. The Bertz CT molecular complexity index is 568. The lowest BCUT2D eigenvalue weighted by molar-refractivity contribution is -0.132. The minimum absolute atomic E-state index is 0.0999. The van der Waals surface area contributed by atoms with Gasteiger partial charge in [0.25, 0.3) is 0 Å². The average Bonchev–Trinajstić information content (AvgIpc) is 3.30. The minimum atomic E-state index is 0.0999. The van der Waals surface area contributed by atoms with Gasteiger partial charge in [0, 0.05) is 31.2 Å². The Balaban J connectivity index is 1.69. The maximum Gasteiger partial charge on any atom is 0.223 e. The second kappa shape index (κ2) is 7.88. The fourth-order valence-corrected chi connectivity index (χ4v) is 3.78. The third-order valence-electron chi connectivity index (χ3n) is 5.08. The smallest absolute Gasteiger partial charge is 0.223 e. The molecule has 2 heterocycles. The van der Waals surface area contributed by atoms with Gasteiger partial charge in [-0.25, -0.2) is 0 Å². The van der Waals surface area contributed by atoms with Gasteiger partial charge in [-0.05, 0) is 44.2 Å². The average molecular weight is 333 g/mol. The zero-order chi connectivity index (χ0) is 16.9. The van der Waals surface area contributed by atoms with Crippen molar-refractivity contribution < 1.29 is 19.0 Å². The highest BCUT2D eigenvalue weighted by molar-refractivity contribution is 5.77. The molecule has 5 nitrogen and oxygen atoms in total. The van der Waals surface area contributed by atoms with Gasteiger partial charge in [-0.15, -0.1) is 0 Å². The summed E-state index contributed by atoms with van der Waals surface area (Å²) in [6.45, 7) is 1.67. The first-order valence-electron chi connectivity index (χ1n) is 8.86. The van der Waals surface area contributed by atoms with Crippen molar-refractivity contribution in [3.05, 3.63) is 23.8 Å². The van der Waals surface area contributed by atoms with Crippen molar-refractivity contribution in [1.82, 2.24) is 4.90 Å². The van der Waals surface area contributed by atoms with Gasteiger partial charge < -0.3 is 19.1 Å². The maximum absolute atomic E-state index is 12.7. The van der Waals surface area contributed by atoms with Gasteiger partial charge in [-0.3, -0.25) is 4.79 Å². The van der Waals surface area contributed by atoms with Crippen LogP contribution < -0.4 is 9.47 Å². The number of hydrogen-bond donors (Lipinski definition) is 0. The third-order valence-corrected chi connectivity index (χ3v) is 5.08. The highest BCUT2D eigenvalue weighted by atomic mass is 16.5. The molecule has 2 aliphatic rings. The molecule has 0 bridgehead atoms. The van der Waals surface area contributed by atoms with Crippen molar-refractivity contribution in [2.75, 3.05) is 27.4 Å². The van der Waals surface area contributed by atoms with E-state index in [2.05, 4.69) is 0 Å². The summed E-state index contributed by atoms with van der Waals surface area (Å²) in [6, 6.07) is 5.95. The molecule has 1 amide bonds. The molecule has 24 heavy (non-hydrogen) atoms. The van der Waals surface area contributed by atoms with E-state index in [-0.39, 0.29) is 18.1 Å². The molecule has 2 atom stereocenters. The number of carbonyl (C=O) groups is 1. The summed E-state index contributed by atoms with van der Waals surface area (Å²) in [5, 5.41) is 0. The van der Waals surface area contributed by atoms with Gasteiger partial charge in [0.05, 0.1) is 26.4 Å². The van der Waals surface area contributed by atoms with Crippen LogP contribution in [-0.2, 0) is 9.53 Å². The molecule has 0 aromatic heterocycles. The van der Waals surface area contributed by atoms with Crippen LogP contribution in [0, 0.1) is 0 Å². The van der Waals surface area contributed by atoms with Crippen molar-refractivity contribution in [3.63, 3.8) is 0 Å². The monoisotopic (exact) mass is 333 g/mol. The van der Waals surface area contributed by atoms with E-state index < -0.39 is 0 Å². The lowest BCUT2D eigenvalue weighted by Crippen LogP contribution is -2.31. The van der Waals surface area contributed by atoms with Gasteiger partial charge in [-0.1, -0.05) is 0 Å². The first-order chi connectivity index (χ1) is 11.7. The molecule has 0 spiro atoms. The zero-order valence-corrected chi connectivity index (χ0v) is 14.6. The van der Waals surface area contributed by atoms with Crippen molar-refractivity contribution in [2.45, 2.75) is 50.7 Å². The van der Waals surface area contributed by atoms with Gasteiger partial charge in [0.15, 0.2) is 0 Å². The third kappa shape index (κ3) is 3.66. The Morgan fingerprint density at radius 1 is 1.25 bits per heavy atom. The molecule has 3 rings (SSSR count). The molecular weight excluding hydrogens is 306 g/mol. The van der Waals surface area contributed by atoms with Crippen molar-refractivity contribution in [1.29, 1.82) is 0 Å². The van der Waals surface area contributed by atoms with Crippen molar-refractivity contribution in [3.8, 4) is 11.5 Å². The van der Waals surface area contributed by atoms with Gasteiger partial charge >= 0.3 is 0 Å². The molecule has 2 aliphatic heterocycles. The number of rotatable bonds is 6. The molecule has 2 saturated heterocycles. The van der Waals surface area contributed by atoms with E-state index in [9.17, 15) is 4.79 Å². The van der Waals surface area contributed by atoms with E-state index >= 15 is 0 Å². The van der Waals surface area contributed by atoms with Crippen LogP contribution in [0.1, 0.15) is 50.1 Å². The standard InChI is InChI=1S/C19H27NO4/c1-22-15-7-9-16(18(13-15)23-2)17-6-3-11-20(17)19(21)10-8-14-5-4-12-24-14/h7,9,13-14,17H,3-6,8,10-12H2,1-2H3/t14-,17-/m1/s1. The normalized spacial score (nSPS) is 23.5. The van der Waals surface area contributed by atoms with E-state index in [1.165, 1.54) is 0 Å². The Morgan fingerprint density at radius 2 is 2.12 bits per heavy atom.